The number of phenols is 3. The zero-order valence-electron chi connectivity index (χ0n) is 21.6. The van der Waals surface area contributed by atoms with Crippen LogP contribution in [0.1, 0.15) is 25.0 Å². The number of ether oxygens (including phenoxy) is 3. The number of aliphatic hydroxyl groups excluding tert-OH is 4. The van der Waals surface area contributed by atoms with Crippen molar-refractivity contribution in [3.63, 3.8) is 0 Å². The van der Waals surface area contributed by atoms with Crippen molar-refractivity contribution in [2.45, 2.75) is 56.8 Å². The molecule has 6 atom stereocenters. The van der Waals surface area contributed by atoms with Crippen LogP contribution in [0.5, 0.6) is 23.0 Å². The van der Waals surface area contributed by atoms with Crippen molar-refractivity contribution in [3.8, 4) is 23.0 Å². The number of carbonyl (C=O) groups is 2. The summed E-state index contributed by atoms with van der Waals surface area (Å²) in [4.78, 5) is 25.5. The van der Waals surface area contributed by atoms with Gasteiger partial charge in [-0.05, 0) is 55.3 Å². The molecule has 0 aromatic heterocycles. The molecule has 0 bridgehead atoms. The SMILES string of the molecule is CC(C)(O)C(C(=O)C=Cc1ccc(O)c(O)c1)C(=O)OCc1ccc(O[C@@H]2O[C@H](CO)[C@@H](O)[C@H](O)[C@H]2O)c(O)c1. The van der Waals surface area contributed by atoms with Gasteiger partial charge in [0.15, 0.2) is 28.8 Å². The molecule has 40 heavy (non-hydrogen) atoms. The molecule has 1 fully saturated rings. The van der Waals surface area contributed by atoms with Crippen molar-refractivity contribution in [2.24, 2.45) is 5.92 Å². The second kappa shape index (κ2) is 12.6. The van der Waals surface area contributed by atoms with E-state index in [-0.39, 0.29) is 17.1 Å². The molecule has 218 valence electrons. The minimum absolute atomic E-state index is 0.186. The Hall–Kier alpha value is -3.72. The Kier molecular flexibility index (Phi) is 9.73. The molecule has 1 aliphatic rings. The van der Waals surface area contributed by atoms with Gasteiger partial charge in [0.25, 0.3) is 0 Å². The Balaban J connectivity index is 1.66. The Morgan fingerprint density at radius 2 is 1.68 bits per heavy atom. The molecular formula is C27H32O13. The molecule has 0 aliphatic carbocycles. The van der Waals surface area contributed by atoms with Crippen LogP contribution in [0.3, 0.4) is 0 Å². The molecule has 1 unspecified atom stereocenters. The standard InChI is InChI=1S/C27H32O13/c1-27(2,37)21(16(30)7-4-13-3-6-15(29)17(31)9-13)25(36)38-12-14-5-8-19(18(32)10-14)39-26-24(35)23(34)22(33)20(11-28)40-26/h3-10,20-24,26,28-29,31-35,37H,11-12H2,1-2H3/t20-,21?,22-,23+,24-,26-/m1/s1. The van der Waals surface area contributed by atoms with Gasteiger partial charge in [-0.1, -0.05) is 18.2 Å². The zero-order valence-corrected chi connectivity index (χ0v) is 21.6. The van der Waals surface area contributed by atoms with E-state index in [0.717, 1.165) is 6.08 Å². The molecule has 0 saturated carbocycles. The van der Waals surface area contributed by atoms with Crippen LogP contribution >= 0.6 is 0 Å². The Morgan fingerprint density at radius 1 is 0.975 bits per heavy atom. The van der Waals surface area contributed by atoms with E-state index < -0.39 is 78.7 Å². The molecule has 13 nitrogen and oxygen atoms in total. The molecule has 1 saturated heterocycles. The van der Waals surface area contributed by atoms with E-state index in [1.807, 2.05) is 0 Å². The van der Waals surface area contributed by atoms with Crippen molar-refractivity contribution in [1.29, 1.82) is 0 Å². The number of ketones is 1. The summed E-state index contributed by atoms with van der Waals surface area (Å²) < 4.78 is 15.8. The maximum absolute atomic E-state index is 12.8. The van der Waals surface area contributed by atoms with Gasteiger partial charge in [0, 0.05) is 0 Å². The lowest BCUT2D eigenvalue weighted by molar-refractivity contribution is -0.277. The fourth-order valence-corrected chi connectivity index (χ4v) is 3.95. The number of allylic oxidation sites excluding steroid dienone is 1. The largest absolute Gasteiger partial charge is 0.504 e. The van der Waals surface area contributed by atoms with Gasteiger partial charge >= 0.3 is 5.97 Å². The average Bonchev–Trinajstić information content (AvgIpc) is 2.89. The molecule has 0 spiro atoms. The smallest absolute Gasteiger partial charge is 0.320 e. The van der Waals surface area contributed by atoms with Crippen molar-refractivity contribution in [3.05, 3.63) is 53.6 Å². The predicted octanol–water partition coefficient (Wildman–Crippen LogP) is -0.305. The van der Waals surface area contributed by atoms with Crippen LogP contribution in [0.2, 0.25) is 0 Å². The second-order valence-corrected chi connectivity index (χ2v) is 9.80. The van der Waals surface area contributed by atoms with Crippen molar-refractivity contribution < 1.29 is 64.7 Å². The van der Waals surface area contributed by atoms with Crippen LogP contribution < -0.4 is 4.74 Å². The summed E-state index contributed by atoms with van der Waals surface area (Å²) in [5.74, 6) is -4.83. The monoisotopic (exact) mass is 564 g/mol. The molecule has 0 amide bonds. The number of carbonyl (C=O) groups excluding carboxylic acids is 2. The van der Waals surface area contributed by atoms with Gasteiger partial charge in [-0.25, -0.2) is 0 Å². The lowest BCUT2D eigenvalue weighted by Gasteiger charge is -2.39. The normalized spacial score (nSPS) is 24.0. The Labute approximate surface area is 228 Å². The minimum atomic E-state index is -1.80. The van der Waals surface area contributed by atoms with Gasteiger partial charge in [0.1, 0.15) is 36.9 Å². The third-order valence-corrected chi connectivity index (χ3v) is 6.16. The summed E-state index contributed by atoms with van der Waals surface area (Å²) in [6, 6.07) is 7.67. The molecule has 2 aromatic rings. The van der Waals surface area contributed by atoms with Gasteiger partial charge in [-0.3, -0.25) is 9.59 Å². The third kappa shape index (κ3) is 7.27. The summed E-state index contributed by atoms with van der Waals surface area (Å²) in [5, 5.41) is 78.9. The molecule has 0 radical (unpaired) electrons. The van der Waals surface area contributed by atoms with Gasteiger partial charge in [-0.2, -0.15) is 0 Å². The fourth-order valence-electron chi connectivity index (χ4n) is 3.95. The lowest BCUT2D eigenvalue weighted by atomic mass is 9.87. The first-order valence-corrected chi connectivity index (χ1v) is 12.1. The highest BCUT2D eigenvalue weighted by atomic mass is 16.7. The van der Waals surface area contributed by atoms with Crippen molar-refractivity contribution in [1.82, 2.24) is 0 Å². The lowest BCUT2D eigenvalue weighted by Crippen LogP contribution is -2.60. The first-order chi connectivity index (χ1) is 18.7. The number of rotatable bonds is 10. The molecule has 3 rings (SSSR count). The fraction of sp³-hybridized carbons (Fsp3) is 0.407. The quantitative estimate of drug-likeness (QED) is 0.0804. The molecule has 1 aliphatic heterocycles. The van der Waals surface area contributed by atoms with Crippen LogP contribution in [0, 0.1) is 5.92 Å². The molecular weight excluding hydrogens is 532 g/mol. The molecule has 1 heterocycles. The van der Waals surface area contributed by atoms with Crippen LogP contribution in [0.25, 0.3) is 6.08 Å². The van der Waals surface area contributed by atoms with Gasteiger partial charge in [0.2, 0.25) is 6.29 Å². The first-order valence-electron chi connectivity index (χ1n) is 12.1. The van der Waals surface area contributed by atoms with Crippen LogP contribution in [-0.4, -0.2) is 95.5 Å². The average molecular weight is 565 g/mol. The first kappa shape index (κ1) is 30.8. The topological polar surface area (TPSA) is 224 Å². The summed E-state index contributed by atoms with van der Waals surface area (Å²) >= 11 is 0. The highest BCUT2D eigenvalue weighted by molar-refractivity contribution is 6.07. The molecule has 2 aromatic carbocycles. The van der Waals surface area contributed by atoms with Crippen LogP contribution in [-0.2, 0) is 25.7 Å². The summed E-state index contributed by atoms with van der Waals surface area (Å²) in [6.45, 7) is 1.45. The van der Waals surface area contributed by atoms with E-state index in [0.29, 0.717) is 5.56 Å². The summed E-state index contributed by atoms with van der Waals surface area (Å²) in [7, 11) is 0. The highest BCUT2D eigenvalue weighted by Crippen LogP contribution is 2.32. The third-order valence-electron chi connectivity index (χ3n) is 6.16. The number of aliphatic hydroxyl groups is 5. The zero-order chi connectivity index (χ0) is 29.8. The van der Waals surface area contributed by atoms with Gasteiger partial charge in [-0.15, -0.1) is 0 Å². The van der Waals surface area contributed by atoms with E-state index in [4.69, 9.17) is 14.2 Å². The van der Waals surface area contributed by atoms with Gasteiger partial charge < -0.3 is 55.1 Å². The minimum Gasteiger partial charge on any atom is -0.504 e. The van der Waals surface area contributed by atoms with Crippen molar-refractivity contribution >= 4 is 17.8 Å². The summed E-state index contributed by atoms with van der Waals surface area (Å²) in [6.07, 6.45) is -5.36. The number of hydrogen-bond acceptors (Lipinski definition) is 13. The van der Waals surface area contributed by atoms with E-state index in [2.05, 4.69) is 0 Å². The summed E-state index contributed by atoms with van der Waals surface area (Å²) in [5.41, 5.74) is -1.18. The molecule has 13 heteroatoms. The maximum Gasteiger partial charge on any atom is 0.320 e. The number of hydrogen-bond donors (Lipinski definition) is 8. The van der Waals surface area contributed by atoms with E-state index >= 15 is 0 Å². The molecule has 8 N–H and O–H groups in total. The number of phenolic OH excluding ortho intramolecular Hbond substituents is 3. The number of benzene rings is 2. The Morgan fingerprint density at radius 3 is 2.27 bits per heavy atom. The maximum atomic E-state index is 12.8. The van der Waals surface area contributed by atoms with E-state index in [9.17, 15) is 50.4 Å². The second-order valence-electron chi connectivity index (χ2n) is 9.80. The van der Waals surface area contributed by atoms with Gasteiger partial charge in [0.05, 0.1) is 12.2 Å². The Bertz CT molecular complexity index is 1230. The van der Waals surface area contributed by atoms with Crippen LogP contribution in [0.4, 0.5) is 0 Å². The van der Waals surface area contributed by atoms with Crippen molar-refractivity contribution in [2.75, 3.05) is 6.61 Å². The number of esters is 1. The number of aromatic hydroxyl groups is 3. The predicted molar refractivity (Wildman–Crippen MR) is 136 cm³/mol. The van der Waals surface area contributed by atoms with Crippen LogP contribution in [0.15, 0.2) is 42.5 Å². The van der Waals surface area contributed by atoms with E-state index in [1.54, 1.807) is 0 Å². The van der Waals surface area contributed by atoms with E-state index in [1.165, 1.54) is 56.3 Å². The highest BCUT2D eigenvalue weighted by Gasteiger charge is 2.45.